The zero-order chi connectivity index (χ0) is 16.9. The summed E-state index contributed by atoms with van der Waals surface area (Å²) >= 11 is 0. The number of amides is 2. The number of nitrogens with one attached hydrogen (secondary N) is 2. The smallest absolute Gasteiger partial charge is 0.245 e. The molecule has 2 aromatic carbocycles. The molecule has 2 aromatic rings. The van der Waals surface area contributed by atoms with Crippen LogP contribution in [0.25, 0.3) is 12.2 Å². The van der Waals surface area contributed by atoms with Crippen molar-refractivity contribution >= 4 is 30.6 Å². The highest BCUT2D eigenvalue weighted by Crippen LogP contribution is 2.00. The number of carbonyl (C=O) groups excluding carboxylic acids is 1. The first-order valence-electron chi connectivity index (χ1n) is 7.40. The van der Waals surface area contributed by atoms with Crippen LogP contribution in [0.5, 0.6) is 0 Å². The number of hydrogen-bond donors (Lipinski definition) is 2. The standard InChI is InChI=1S/C19H18N4O/c24-19(22-20-15-7-13-17-9-3-1-4-10-17)23-21-16-8-14-18-11-5-2-6-12-18/h1-16H,(H2,22,23,24)/b13-7+,14-8+,20-15+,21-16+. The second kappa shape index (κ2) is 10.3. The van der Waals surface area contributed by atoms with Crippen LogP contribution < -0.4 is 10.9 Å². The van der Waals surface area contributed by atoms with E-state index in [1.807, 2.05) is 72.8 Å². The van der Waals surface area contributed by atoms with Crippen LogP contribution in [0.3, 0.4) is 0 Å². The number of benzene rings is 2. The van der Waals surface area contributed by atoms with Crippen molar-refractivity contribution in [1.82, 2.24) is 10.9 Å². The molecule has 0 heterocycles. The minimum Gasteiger partial charge on any atom is -0.245 e. The van der Waals surface area contributed by atoms with Crippen LogP contribution in [0.15, 0.2) is 83.0 Å². The highest BCUT2D eigenvalue weighted by atomic mass is 16.2. The summed E-state index contributed by atoms with van der Waals surface area (Å²) in [6, 6.07) is 19.1. The van der Waals surface area contributed by atoms with Crippen LogP contribution in [0, 0.1) is 0 Å². The maximum absolute atomic E-state index is 11.4. The quantitative estimate of drug-likeness (QED) is 0.619. The SMILES string of the molecule is O=C(N/N=C/C=C/c1ccccc1)N/N=C/C=C/c1ccccc1. The first-order chi connectivity index (χ1) is 11.8. The summed E-state index contributed by atoms with van der Waals surface area (Å²) in [6.45, 7) is 0. The molecule has 0 saturated heterocycles. The molecule has 24 heavy (non-hydrogen) atoms. The molecule has 0 aliphatic rings. The lowest BCUT2D eigenvalue weighted by Crippen LogP contribution is -2.28. The van der Waals surface area contributed by atoms with Crippen molar-refractivity contribution in [2.45, 2.75) is 0 Å². The fraction of sp³-hybridized carbons (Fsp3) is 0. The third kappa shape index (κ3) is 7.00. The second-order valence-corrected chi connectivity index (χ2v) is 4.65. The van der Waals surface area contributed by atoms with Crippen molar-refractivity contribution < 1.29 is 4.79 Å². The van der Waals surface area contributed by atoms with E-state index in [1.54, 1.807) is 12.2 Å². The summed E-state index contributed by atoms with van der Waals surface area (Å²) in [5.41, 5.74) is 6.73. The Bertz CT molecular complexity index is 671. The molecule has 0 fully saturated rings. The van der Waals surface area contributed by atoms with Gasteiger partial charge in [-0.2, -0.15) is 10.2 Å². The number of hydrazone groups is 2. The molecular formula is C19H18N4O. The van der Waals surface area contributed by atoms with Crippen molar-refractivity contribution in [3.8, 4) is 0 Å². The van der Waals surface area contributed by atoms with E-state index in [-0.39, 0.29) is 0 Å². The van der Waals surface area contributed by atoms with E-state index in [4.69, 9.17) is 0 Å². The minimum atomic E-state index is -0.510. The van der Waals surface area contributed by atoms with Crippen LogP contribution in [0.1, 0.15) is 11.1 Å². The maximum atomic E-state index is 11.4. The van der Waals surface area contributed by atoms with Crippen molar-refractivity contribution in [3.05, 3.63) is 83.9 Å². The lowest BCUT2D eigenvalue weighted by atomic mass is 10.2. The summed E-state index contributed by atoms with van der Waals surface area (Å²) in [6.07, 6.45) is 10.2. The number of carbonyl (C=O) groups is 1. The minimum absolute atomic E-state index is 0.510. The van der Waals surface area contributed by atoms with Gasteiger partial charge >= 0.3 is 6.03 Å². The van der Waals surface area contributed by atoms with Gasteiger partial charge in [-0.3, -0.25) is 0 Å². The van der Waals surface area contributed by atoms with Gasteiger partial charge in [0.1, 0.15) is 0 Å². The summed E-state index contributed by atoms with van der Waals surface area (Å²) in [4.78, 5) is 11.4. The molecule has 2 amide bonds. The first-order valence-corrected chi connectivity index (χ1v) is 7.40. The second-order valence-electron chi connectivity index (χ2n) is 4.65. The van der Waals surface area contributed by atoms with Gasteiger partial charge in [0.15, 0.2) is 0 Å². The zero-order valence-corrected chi connectivity index (χ0v) is 13.0. The van der Waals surface area contributed by atoms with E-state index in [0.29, 0.717) is 0 Å². The van der Waals surface area contributed by atoms with Crippen molar-refractivity contribution in [2.24, 2.45) is 10.2 Å². The molecule has 120 valence electrons. The third-order valence-electron chi connectivity index (χ3n) is 2.83. The molecule has 0 spiro atoms. The Labute approximate surface area is 141 Å². The van der Waals surface area contributed by atoms with E-state index >= 15 is 0 Å². The fourth-order valence-corrected chi connectivity index (χ4v) is 1.74. The number of hydrogen-bond acceptors (Lipinski definition) is 3. The largest absolute Gasteiger partial charge is 0.355 e. The Hall–Kier alpha value is -3.47. The van der Waals surface area contributed by atoms with Gasteiger partial charge in [0.25, 0.3) is 0 Å². The molecule has 0 unspecified atom stereocenters. The molecule has 5 heteroatoms. The molecule has 2 N–H and O–H groups in total. The lowest BCUT2D eigenvalue weighted by molar-refractivity contribution is 0.242. The van der Waals surface area contributed by atoms with Crippen LogP contribution in [-0.2, 0) is 0 Å². The van der Waals surface area contributed by atoms with E-state index in [1.165, 1.54) is 12.4 Å². The van der Waals surface area contributed by atoms with Gasteiger partial charge in [-0.25, -0.2) is 15.6 Å². The number of urea groups is 1. The van der Waals surface area contributed by atoms with Gasteiger partial charge in [-0.1, -0.05) is 72.8 Å². The highest BCUT2D eigenvalue weighted by Gasteiger charge is 1.91. The Balaban J connectivity index is 1.66. The molecule has 0 aliphatic heterocycles. The number of nitrogens with zero attached hydrogens (tertiary/aromatic N) is 2. The first kappa shape index (κ1) is 16.9. The van der Waals surface area contributed by atoms with Crippen LogP contribution in [0.4, 0.5) is 4.79 Å². The van der Waals surface area contributed by atoms with Gasteiger partial charge in [0.05, 0.1) is 0 Å². The van der Waals surface area contributed by atoms with Crippen LogP contribution >= 0.6 is 0 Å². The monoisotopic (exact) mass is 318 g/mol. The van der Waals surface area contributed by atoms with Crippen LogP contribution in [0.2, 0.25) is 0 Å². The summed E-state index contributed by atoms with van der Waals surface area (Å²) in [7, 11) is 0. The number of rotatable bonds is 6. The van der Waals surface area contributed by atoms with E-state index in [0.717, 1.165) is 11.1 Å². The van der Waals surface area contributed by atoms with Gasteiger partial charge in [0.2, 0.25) is 0 Å². The molecule has 5 nitrogen and oxygen atoms in total. The van der Waals surface area contributed by atoms with Gasteiger partial charge in [0, 0.05) is 12.4 Å². The molecule has 0 atom stereocenters. The molecule has 2 rings (SSSR count). The lowest BCUT2D eigenvalue weighted by Gasteiger charge is -1.95. The van der Waals surface area contributed by atoms with E-state index in [9.17, 15) is 4.79 Å². The van der Waals surface area contributed by atoms with E-state index < -0.39 is 6.03 Å². The number of allylic oxidation sites excluding steroid dienone is 2. The maximum Gasteiger partial charge on any atom is 0.355 e. The predicted octanol–water partition coefficient (Wildman–Crippen LogP) is 3.68. The molecule has 0 aliphatic carbocycles. The van der Waals surface area contributed by atoms with Gasteiger partial charge in [-0.15, -0.1) is 0 Å². The average Bonchev–Trinajstić information content (AvgIpc) is 2.63. The summed E-state index contributed by atoms with van der Waals surface area (Å²) in [5.74, 6) is 0. The van der Waals surface area contributed by atoms with Gasteiger partial charge < -0.3 is 0 Å². The Morgan fingerprint density at radius 2 is 1.12 bits per heavy atom. The topological polar surface area (TPSA) is 65.8 Å². The van der Waals surface area contributed by atoms with Crippen molar-refractivity contribution in [1.29, 1.82) is 0 Å². The fourth-order valence-electron chi connectivity index (χ4n) is 1.74. The average molecular weight is 318 g/mol. The normalized spacial score (nSPS) is 11.7. The van der Waals surface area contributed by atoms with Gasteiger partial charge in [-0.05, 0) is 23.3 Å². The molecule has 0 saturated carbocycles. The molecular weight excluding hydrogens is 300 g/mol. The molecule has 0 aromatic heterocycles. The Morgan fingerprint density at radius 1 is 0.708 bits per heavy atom. The van der Waals surface area contributed by atoms with Crippen molar-refractivity contribution in [2.75, 3.05) is 0 Å². The van der Waals surface area contributed by atoms with Crippen LogP contribution in [-0.4, -0.2) is 18.5 Å². The van der Waals surface area contributed by atoms with E-state index in [2.05, 4.69) is 21.1 Å². The van der Waals surface area contributed by atoms with Crippen molar-refractivity contribution in [3.63, 3.8) is 0 Å². The summed E-state index contributed by atoms with van der Waals surface area (Å²) in [5, 5.41) is 7.53. The zero-order valence-electron chi connectivity index (χ0n) is 13.0. The highest BCUT2D eigenvalue weighted by molar-refractivity contribution is 5.82. The summed E-state index contributed by atoms with van der Waals surface area (Å²) < 4.78 is 0. The predicted molar refractivity (Wildman–Crippen MR) is 99.6 cm³/mol. The Morgan fingerprint density at radius 3 is 1.54 bits per heavy atom. The Kier molecular flexibility index (Phi) is 7.24. The molecule has 0 bridgehead atoms. The third-order valence-corrected chi connectivity index (χ3v) is 2.83. The molecule has 0 radical (unpaired) electrons.